The van der Waals surface area contributed by atoms with E-state index in [-0.39, 0.29) is 6.10 Å². The van der Waals surface area contributed by atoms with Crippen molar-refractivity contribution in [1.82, 2.24) is 9.78 Å². The second kappa shape index (κ2) is 5.98. The largest absolute Gasteiger partial charge is 0.393 e. The molecule has 0 bridgehead atoms. The van der Waals surface area contributed by atoms with Crippen LogP contribution < -0.4 is 0 Å². The number of ether oxygens (including phenoxy) is 1. The van der Waals surface area contributed by atoms with Crippen LogP contribution in [0, 0.1) is 0 Å². The van der Waals surface area contributed by atoms with Gasteiger partial charge in [0.25, 0.3) is 0 Å². The van der Waals surface area contributed by atoms with E-state index >= 15 is 0 Å². The van der Waals surface area contributed by atoms with Crippen LogP contribution >= 0.6 is 0 Å². The summed E-state index contributed by atoms with van der Waals surface area (Å²) in [6.07, 6.45) is 1.88. The SMILES string of the molecule is COCCCC(O)Cc1nn(C)c2ccccc12. The van der Waals surface area contributed by atoms with Crippen molar-refractivity contribution in [3.05, 3.63) is 30.0 Å². The highest BCUT2D eigenvalue weighted by atomic mass is 16.5. The fraction of sp³-hybridized carbons (Fsp3) is 0.500. The summed E-state index contributed by atoms with van der Waals surface area (Å²) in [5, 5.41) is 15.6. The summed E-state index contributed by atoms with van der Waals surface area (Å²) in [6, 6.07) is 8.11. The van der Waals surface area contributed by atoms with Crippen LogP contribution in [0.4, 0.5) is 0 Å². The van der Waals surface area contributed by atoms with Gasteiger partial charge in [0, 0.05) is 32.6 Å². The number of methoxy groups -OCH3 is 1. The zero-order chi connectivity index (χ0) is 13.0. The molecule has 0 radical (unpaired) electrons. The van der Waals surface area contributed by atoms with E-state index in [0.717, 1.165) is 29.4 Å². The van der Waals surface area contributed by atoms with Gasteiger partial charge in [-0.15, -0.1) is 0 Å². The topological polar surface area (TPSA) is 47.3 Å². The molecule has 2 aromatic rings. The quantitative estimate of drug-likeness (QED) is 0.794. The molecule has 1 aromatic heterocycles. The standard InChI is InChI=1S/C14H20N2O2/c1-16-14-8-4-3-7-12(14)13(15-16)10-11(17)6-5-9-18-2/h3-4,7-8,11,17H,5-6,9-10H2,1-2H3. The minimum absolute atomic E-state index is 0.349. The maximum Gasteiger partial charge on any atom is 0.0728 e. The van der Waals surface area contributed by atoms with Gasteiger partial charge in [-0.1, -0.05) is 18.2 Å². The molecule has 0 amide bonds. The van der Waals surface area contributed by atoms with Crippen LogP contribution in [0.25, 0.3) is 10.9 Å². The second-order valence-electron chi connectivity index (χ2n) is 4.58. The molecule has 4 heteroatoms. The molecule has 1 heterocycles. The fourth-order valence-corrected chi connectivity index (χ4v) is 2.23. The van der Waals surface area contributed by atoms with Crippen LogP contribution in [0.3, 0.4) is 0 Å². The lowest BCUT2D eigenvalue weighted by atomic mass is 10.1. The van der Waals surface area contributed by atoms with Crippen LogP contribution in [-0.4, -0.2) is 34.7 Å². The summed E-state index contributed by atoms with van der Waals surface area (Å²) in [7, 11) is 3.61. The highest BCUT2D eigenvalue weighted by Crippen LogP contribution is 2.19. The van der Waals surface area contributed by atoms with E-state index in [1.807, 2.05) is 29.9 Å². The van der Waals surface area contributed by atoms with Crippen molar-refractivity contribution in [3.63, 3.8) is 0 Å². The van der Waals surface area contributed by atoms with E-state index in [2.05, 4.69) is 11.2 Å². The number of fused-ring (bicyclic) bond motifs is 1. The van der Waals surface area contributed by atoms with E-state index in [9.17, 15) is 5.11 Å². The molecule has 0 spiro atoms. The smallest absolute Gasteiger partial charge is 0.0728 e. The van der Waals surface area contributed by atoms with Crippen molar-refractivity contribution in [2.45, 2.75) is 25.4 Å². The predicted molar refractivity (Wildman–Crippen MR) is 71.5 cm³/mol. The van der Waals surface area contributed by atoms with E-state index < -0.39 is 0 Å². The third-order valence-electron chi connectivity index (χ3n) is 3.15. The Kier molecular flexibility index (Phi) is 4.33. The number of rotatable bonds is 6. The Bertz CT molecular complexity index is 507. The molecule has 0 saturated heterocycles. The number of aliphatic hydroxyl groups is 1. The van der Waals surface area contributed by atoms with Gasteiger partial charge >= 0.3 is 0 Å². The molecule has 4 nitrogen and oxygen atoms in total. The average Bonchev–Trinajstić information content (AvgIpc) is 2.67. The Morgan fingerprint density at radius 1 is 1.39 bits per heavy atom. The Morgan fingerprint density at radius 3 is 2.94 bits per heavy atom. The molecule has 0 fully saturated rings. The molecule has 0 aliphatic heterocycles. The zero-order valence-corrected chi connectivity index (χ0v) is 11.0. The Balaban J connectivity index is 2.07. The number of benzene rings is 1. The number of nitrogens with zero attached hydrogens (tertiary/aromatic N) is 2. The lowest BCUT2D eigenvalue weighted by Gasteiger charge is -2.08. The van der Waals surface area contributed by atoms with E-state index in [4.69, 9.17) is 4.74 Å². The lowest BCUT2D eigenvalue weighted by Crippen LogP contribution is -2.12. The van der Waals surface area contributed by atoms with Gasteiger partial charge in [-0.3, -0.25) is 4.68 Å². The average molecular weight is 248 g/mol. The molecule has 1 aromatic carbocycles. The van der Waals surface area contributed by atoms with Gasteiger partial charge in [0.2, 0.25) is 0 Å². The fourth-order valence-electron chi connectivity index (χ4n) is 2.23. The molecule has 1 N–H and O–H groups in total. The van der Waals surface area contributed by atoms with Gasteiger partial charge in [0.15, 0.2) is 0 Å². The molecule has 2 rings (SSSR count). The van der Waals surface area contributed by atoms with Crippen LogP contribution in [0.1, 0.15) is 18.5 Å². The first kappa shape index (κ1) is 13.1. The Labute approximate surface area is 107 Å². The zero-order valence-electron chi connectivity index (χ0n) is 11.0. The van der Waals surface area contributed by atoms with Gasteiger partial charge in [-0.25, -0.2) is 0 Å². The Morgan fingerprint density at radius 2 is 2.17 bits per heavy atom. The number of aromatic nitrogens is 2. The molecule has 1 unspecified atom stereocenters. The van der Waals surface area contributed by atoms with E-state index in [0.29, 0.717) is 13.0 Å². The maximum atomic E-state index is 9.99. The maximum absolute atomic E-state index is 9.99. The molecule has 18 heavy (non-hydrogen) atoms. The van der Waals surface area contributed by atoms with Crippen LogP contribution in [-0.2, 0) is 18.2 Å². The monoisotopic (exact) mass is 248 g/mol. The van der Waals surface area contributed by atoms with E-state index in [1.165, 1.54) is 0 Å². The second-order valence-corrected chi connectivity index (χ2v) is 4.58. The first-order valence-electron chi connectivity index (χ1n) is 6.30. The minimum Gasteiger partial charge on any atom is -0.393 e. The van der Waals surface area contributed by atoms with Crippen molar-refractivity contribution in [2.75, 3.05) is 13.7 Å². The molecule has 0 aliphatic carbocycles. The van der Waals surface area contributed by atoms with E-state index in [1.54, 1.807) is 7.11 Å². The van der Waals surface area contributed by atoms with Crippen molar-refractivity contribution >= 4 is 10.9 Å². The number of aryl methyl sites for hydroxylation is 1. The van der Waals surface area contributed by atoms with Gasteiger partial charge in [0.1, 0.15) is 0 Å². The molecule has 98 valence electrons. The first-order valence-corrected chi connectivity index (χ1v) is 6.30. The van der Waals surface area contributed by atoms with Gasteiger partial charge in [-0.2, -0.15) is 5.10 Å². The molecule has 0 saturated carbocycles. The van der Waals surface area contributed by atoms with Crippen molar-refractivity contribution in [2.24, 2.45) is 7.05 Å². The van der Waals surface area contributed by atoms with Crippen molar-refractivity contribution in [1.29, 1.82) is 0 Å². The lowest BCUT2D eigenvalue weighted by molar-refractivity contribution is 0.134. The third kappa shape index (κ3) is 2.89. The highest BCUT2D eigenvalue weighted by Gasteiger charge is 2.12. The number of aliphatic hydroxyl groups excluding tert-OH is 1. The van der Waals surface area contributed by atoms with Gasteiger partial charge in [0.05, 0.1) is 17.3 Å². The number of hydrogen-bond acceptors (Lipinski definition) is 3. The summed E-state index contributed by atoms with van der Waals surface area (Å²) in [6.45, 7) is 0.694. The summed E-state index contributed by atoms with van der Waals surface area (Å²) < 4.78 is 6.85. The van der Waals surface area contributed by atoms with Crippen LogP contribution in [0.5, 0.6) is 0 Å². The minimum atomic E-state index is -0.349. The summed E-state index contributed by atoms with van der Waals surface area (Å²) in [5.74, 6) is 0. The Hall–Kier alpha value is -1.39. The van der Waals surface area contributed by atoms with Gasteiger partial charge < -0.3 is 9.84 Å². The molecular weight excluding hydrogens is 228 g/mol. The van der Waals surface area contributed by atoms with Gasteiger partial charge in [-0.05, 0) is 18.9 Å². The molecule has 0 aliphatic rings. The molecular formula is C14H20N2O2. The van der Waals surface area contributed by atoms with Crippen molar-refractivity contribution < 1.29 is 9.84 Å². The van der Waals surface area contributed by atoms with Crippen LogP contribution in [0.15, 0.2) is 24.3 Å². The summed E-state index contributed by atoms with van der Waals surface area (Å²) in [4.78, 5) is 0. The first-order chi connectivity index (χ1) is 8.72. The summed E-state index contributed by atoms with van der Waals surface area (Å²) in [5.41, 5.74) is 2.08. The number of hydrogen-bond donors (Lipinski definition) is 1. The molecule has 1 atom stereocenters. The normalized spacial score (nSPS) is 13.1. The van der Waals surface area contributed by atoms with Crippen molar-refractivity contribution in [3.8, 4) is 0 Å². The summed E-state index contributed by atoms with van der Waals surface area (Å²) >= 11 is 0. The number of para-hydroxylation sites is 1. The van der Waals surface area contributed by atoms with Crippen LogP contribution in [0.2, 0.25) is 0 Å². The third-order valence-corrected chi connectivity index (χ3v) is 3.15. The highest BCUT2D eigenvalue weighted by molar-refractivity contribution is 5.81. The predicted octanol–water partition coefficient (Wildman–Crippen LogP) is 1.90.